The molecular weight excluding hydrogens is 417 g/mol. The maximum Gasteiger partial charge on any atom is 0.417 e. The molecule has 0 unspecified atom stereocenters. The number of carbonyl (C=O) groups is 2. The molecule has 1 fully saturated rings. The molecule has 3 rings (SSSR count). The van der Waals surface area contributed by atoms with Crippen LogP contribution in [-0.2, 0) is 11.0 Å². The lowest BCUT2D eigenvalue weighted by Crippen LogP contribution is -2.33. The summed E-state index contributed by atoms with van der Waals surface area (Å²) in [5.41, 5.74) is -0.137. The number of carbonyl (C=O) groups excluding carboxylic acids is 2. The Labute approximate surface area is 177 Å². The minimum Gasteiger partial charge on any atom is -0.349 e. The van der Waals surface area contributed by atoms with Crippen LogP contribution in [0.25, 0.3) is 6.08 Å². The largest absolute Gasteiger partial charge is 0.417 e. The van der Waals surface area contributed by atoms with E-state index in [-0.39, 0.29) is 17.5 Å². The van der Waals surface area contributed by atoms with Crippen molar-refractivity contribution in [3.8, 4) is 0 Å². The van der Waals surface area contributed by atoms with Crippen molar-refractivity contribution in [1.82, 2.24) is 5.32 Å². The van der Waals surface area contributed by atoms with Crippen molar-refractivity contribution in [2.24, 2.45) is 0 Å². The fourth-order valence-electron chi connectivity index (χ4n) is 3.33. The number of amides is 2. The van der Waals surface area contributed by atoms with Crippen LogP contribution in [0.1, 0.15) is 47.2 Å². The van der Waals surface area contributed by atoms with E-state index in [4.69, 9.17) is 11.6 Å². The highest BCUT2D eigenvalue weighted by Gasteiger charge is 2.33. The van der Waals surface area contributed by atoms with Crippen LogP contribution in [0.2, 0.25) is 5.02 Å². The van der Waals surface area contributed by atoms with Crippen molar-refractivity contribution in [2.75, 3.05) is 5.32 Å². The van der Waals surface area contributed by atoms with Gasteiger partial charge in [0.1, 0.15) is 0 Å². The summed E-state index contributed by atoms with van der Waals surface area (Å²) < 4.78 is 38.9. The average molecular weight is 437 g/mol. The third-order valence-corrected chi connectivity index (χ3v) is 5.17. The monoisotopic (exact) mass is 436 g/mol. The van der Waals surface area contributed by atoms with E-state index in [2.05, 4.69) is 10.6 Å². The Morgan fingerprint density at radius 1 is 1.07 bits per heavy atom. The smallest absolute Gasteiger partial charge is 0.349 e. The predicted molar refractivity (Wildman–Crippen MR) is 110 cm³/mol. The molecule has 4 nitrogen and oxygen atoms in total. The number of hydrogen-bond acceptors (Lipinski definition) is 2. The van der Waals surface area contributed by atoms with E-state index in [0.29, 0.717) is 11.3 Å². The zero-order valence-electron chi connectivity index (χ0n) is 15.9. The summed E-state index contributed by atoms with van der Waals surface area (Å²) in [7, 11) is 0. The molecule has 2 aromatic carbocycles. The SMILES string of the molecule is O=C(/C=C/c1ccc(Cl)c(C(F)(F)F)c1)Nc1ccccc1C(=O)NC1CCCC1. The highest BCUT2D eigenvalue weighted by Crippen LogP contribution is 2.35. The maximum atomic E-state index is 13.0. The Hall–Kier alpha value is -2.80. The number of para-hydroxylation sites is 1. The molecule has 0 aliphatic heterocycles. The third-order valence-electron chi connectivity index (χ3n) is 4.84. The molecular formula is C22H20ClF3N2O2. The summed E-state index contributed by atoms with van der Waals surface area (Å²) in [5, 5.41) is 5.16. The van der Waals surface area contributed by atoms with Crippen LogP contribution in [-0.4, -0.2) is 17.9 Å². The lowest BCUT2D eigenvalue weighted by Gasteiger charge is -2.14. The summed E-state index contributed by atoms with van der Waals surface area (Å²) >= 11 is 5.60. The fourth-order valence-corrected chi connectivity index (χ4v) is 3.56. The summed E-state index contributed by atoms with van der Waals surface area (Å²) in [5.74, 6) is -0.839. The molecule has 0 aromatic heterocycles. The Kier molecular flexibility index (Phi) is 6.82. The average Bonchev–Trinajstić information content (AvgIpc) is 3.20. The normalized spacial score (nSPS) is 14.8. The second-order valence-electron chi connectivity index (χ2n) is 7.06. The molecule has 8 heteroatoms. The van der Waals surface area contributed by atoms with Gasteiger partial charge in [-0.2, -0.15) is 13.2 Å². The van der Waals surface area contributed by atoms with E-state index in [0.717, 1.165) is 43.9 Å². The van der Waals surface area contributed by atoms with Crippen molar-refractivity contribution in [3.63, 3.8) is 0 Å². The molecule has 2 amide bonds. The molecule has 30 heavy (non-hydrogen) atoms. The number of nitrogens with one attached hydrogen (secondary N) is 2. The number of rotatable bonds is 5. The molecule has 0 bridgehead atoms. The maximum absolute atomic E-state index is 13.0. The number of anilines is 1. The van der Waals surface area contributed by atoms with Gasteiger partial charge in [-0.15, -0.1) is 0 Å². The highest BCUT2D eigenvalue weighted by atomic mass is 35.5. The second-order valence-corrected chi connectivity index (χ2v) is 7.47. The van der Waals surface area contributed by atoms with Crippen LogP contribution in [0.5, 0.6) is 0 Å². The van der Waals surface area contributed by atoms with Crippen LogP contribution >= 0.6 is 11.6 Å². The number of benzene rings is 2. The van der Waals surface area contributed by atoms with Crippen LogP contribution in [0, 0.1) is 0 Å². The quantitative estimate of drug-likeness (QED) is 0.592. The highest BCUT2D eigenvalue weighted by molar-refractivity contribution is 6.31. The summed E-state index contributed by atoms with van der Waals surface area (Å²) in [6.07, 6.45) is 1.80. The first-order valence-electron chi connectivity index (χ1n) is 9.50. The molecule has 0 spiro atoms. The lowest BCUT2D eigenvalue weighted by molar-refractivity contribution is -0.137. The van der Waals surface area contributed by atoms with Crippen molar-refractivity contribution in [2.45, 2.75) is 37.9 Å². The zero-order valence-corrected chi connectivity index (χ0v) is 16.7. The van der Waals surface area contributed by atoms with Gasteiger partial charge in [0, 0.05) is 12.1 Å². The van der Waals surface area contributed by atoms with Gasteiger partial charge in [0.05, 0.1) is 21.8 Å². The van der Waals surface area contributed by atoms with E-state index in [1.54, 1.807) is 24.3 Å². The molecule has 0 saturated heterocycles. The topological polar surface area (TPSA) is 58.2 Å². The standard InChI is InChI=1S/C22H20ClF3N2O2/c23-18-11-9-14(13-17(18)22(24,25)26)10-12-20(29)28-19-8-4-3-7-16(19)21(30)27-15-5-1-2-6-15/h3-4,7-13,15H,1-2,5-6H2,(H,27,30)(H,28,29)/b12-10+. The number of alkyl halides is 3. The Balaban J connectivity index is 1.70. The minimum absolute atomic E-state index is 0.133. The van der Waals surface area contributed by atoms with E-state index >= 15 is 0 Å². The van der Waals surface area contributed by atoms with Gasteiger partial charge in [-0.1, -0.05) is 42.6 Å². The van der Waals surface area contributed by atoms with Crippen molar-refractivity contribution < 1.29 is 22.8 Å². The molecule has 2 aromatic rings. The predicted octanol–water partition coefficient (Wildman–Crippen LogP) is 5.68. The number of halogens is 4. The fraction of sp³-hybridized carbons (Fsp3) is 0.273. The first-order valence-corrected chi connectivity index (χ1v) is 9.87. The Morgan fingerprint density at radius 2 is 1.77 bits per heavy atom. The first kappa shape index (κ1) is 21.9. The molecule has 0 radical (unpaired) electrons. The summed E-state index contributed by atoms with van der Waals surface area (Å²) in [4.78, 5) is 24.8. The first-order chi connectivity index (χ1) is 14.2. The van der Waals surface area contributed by atoms with Gasteiger partial charge in [-0.25, -0.2) is 0 Å². The van der Waals surface area contributed by atoms with Crippen molar-refractivity contribution in [1.29, 1.82) is 0 Å². The van der Waals surface area contributed by atoms with E-state index in [1.165, 1.54) is 12.1 Å². The lowest BCUT2D eigenvalue weighted by atomic mass is 10.1. The third kappa shape index (κ3) is 5.63. The van der Waals surface area contributed by atoms with Gasteiger partial charge in [-0.05, 0) is 48.7 Å². The van der Waals surface area contributed by atoms with Gasteiger partial charge >= 0.3 is 6.18 Å². The van der Waals surface area contributed by atoms with Crippen LogP contribution in [0.3, 0.4) is 0 Å². The Morgan fingerprint density at radius 3 is 2.47 bits per heavy atom. The molecule has 2 N–H and O–H groups in total. The summed E-state index contributed by atoms with van der Waals surface area (Å²) in [6.45, 7) is 0. The second kappa shape index (κ2) is 9.34. The molecule has 1 saturated carbocycles. The van der Waals surface area contributed by atoms with E-state index in [1.807, 2.05) is 0 Å². The van der Waals surface area contributed by atoms with Crippen LogP contribution < -0.4 is 10.6 Å². The van der Waals surface area contributed by atoms with Crippen molar-refractivity contribution >= 4 is 35.2 Å². The van der Waals surface area contributed by atoms with Gasteiger partial charge in [0.25, 0.3) is 5.91 Å². The Bertz CT molecular complexity index is 967. The van der Waals surface area contributed by atoms with Crippen LogP contribution in [0.15, 0.2) is 48.5 Å². The number of hydrogen-bond donors (Lipinski definition) is 2. The summed E-state index contributed by atoms with van der Waals surface area (Å²) in [6, 6.07) is 10.1. The zero-order chi connectivity index (χ0) is 21.7. The van der Waals surface area contributed by atoms with Gasteiger partial charge in [-0.3, -0.25) is 9.59 Å². The van der Waals surface area contributed by atoms with Crippen LogP contribution in [0.4, 0.5) is 18.9 Å². The van der Waals surface area contributed by atoms with Crippen molar-refractivity contribution in [3.05, 3.63) is 70.3 Å². The van der Waals surface area contributed by atoms with E-state index in [9.17, 15) is 22.8 Å². The molecule has 158 valence electrons. The molecule has 1 aliphatic rings. The van der Waals surface area contributed by atoms with Gasteiger partial charge in [0.2, 0.25) is 5.91 Å². The van der Waals surface area contributed by atoms with Gasteiger partial charge in [0.15, 0.2) is 0 Å². The molecule has 0 heterocycles. The van der Waals surface area contributed by atoms with E-state index < -0.39 is 22.7 Å². The minimum atomic E-state index is -4.59. The molecule has 1 aliphatic carbocycles. The van der Waals surface area contributed by atoms with Gasteiger partial charge < -0.3 is 10.6 Å². The molecule has 0 atom stereocenters.